The van der Waals surface area contributed by atoms with Gasteiger partial charge in [-0.05, 0) is 68.6 Å². The van der Waals surface area contributed by atoms with Crippen LogP contribution in [0.1, 0.15) is 65.5 Å². The maximum Gasteiger partial charge on any atom is 0.328 e. The van der Waals surface area contributed by atoms with Gasteiger partial charge in [0.2, 0.25) is 0 Å². The molecule has 4 aromatic rings. The number of para-hydroxylation sites is 1. The predicted molar refractivity (Wildman–Crippen MR) is 153 cm³/mol. The molecule has 6 rings (SSSR count). The Kier molecular flexibility index (Phi) is 7.32. The average molecular weight is 573 g/mol. The van der Waals surface area contributed by atoms with E-state index in [9.17, 15) is 9.18 Å². The molecule has 2 aromatic carbocycles. The molecule has 2 aromatic heterocycles. The van der Waals surface area contributed by atoms with Crippen LogP contribution in [0.5, 0.6) is 11.5 Å². The number of aromatic nitrogens is 3. The van der Waals surface area contributed by atoms with E-state index in [2.05, 4.69) is 20.9 Å². The Morgan fingerprint density at radius 2 is 1.93 bits per heavy atom. The summed E-state index contributed by atoms with van der Waals surface area (Å²) in [6.45, 7) is 8.09. The Morgan fingerprint density at radius 3 is 2.64 bits per heavy atom. The number of carbonyl (C=O) groups is 1. The lowest BCUT2D eigenvalue weighted by Gasteiger charge is -2.32. The van der Waals surface area contributed by atoms with E-state index in [0.717, 1.165) is 49.0 Å². The van der Waals surface area contributed by atoms with Crippen LogP contribution in [0.15, 0.2) is 59.3 Å². The van der Waals surface area contributed by atoms with Crippen molar-refractivity contribution in [3.63, 3.8) is 0 Å². The van der Waals surface area contributed by atoms with Crippen LogP contribution in [0.4, 0.5) is 4.39 Å². The van der Waals surface area contributed by atoms with Crippen LogP contribution >= 0.6 is 0 Å². The van der Waals surface area contributed by atoms with E-state index in [-0.39, 0.29) is 11.7 Å². The highest BCUT2D eigenvalue weighted by Crippen LogP contribution is 2.49. The number of hydrogen-bond donors (Lipinski definition) is 1. The molecule has 0 bridgehead atoms. The van der Waals surface area contributed by atoms with Crippen molar-refractivity contribution >= 4 is 12.0 Å². The van der Waals surface area contributed by atoms with Crippen LogP contribution in [0.2, 0.25) is 0 Å². The normalized spacial score (nSPS) is 19.1. The van der Waals surface area contributed by atoms with E-state index in [1.165, 1.54) is 6.07 Å². The molecular weight excluding hydrogens is 539 g/mol. The van der Waals surface area contributed by atoms with Crippen molar-refractivity contribution in [2.45, 2.75) is 58.4 Å². The number of carboxylic acids is 1. The standard InChI is InChI=1S/C32H33FN4O5/c1-20-7-9-26(27(33)15-20)32(3)41-28-6-4-5-25(31(28)42-32)22-11-13-36(14-12-22)19-29-35-16-23(8-10-30(38)39)37(29)18-24-17-34-21(2)40-24/h4-10,15-17,22H,11-14,18-19H2,1-3H3,(H,38,39)/b10-8+. The summed E-state index contributed by atoms with van der Waals surface area (Å²) in [7, 11) is 0. The molecule has 0 amide bonds. The Bertz CT molecular complexity index is 1650. The maximum absolute atomic E-state index is 14.9. The van der Waals surface area contributed by atoms with Crippen molar-refractivity contribution < 1.29 is 28.2 Å². The number of carboxylic acid groups (broad SMARTS) is 1. The Labute approximate surface area is 243 Å². The van der Waals surface area contributed by atoms with Gasteiger partial charge in [0.25, 0.3) is 5.79 Å². The molecule has 2 aliphatic heterocycles. The molecule has 1 unspecified atom stereocenters. The van der Waals surface area contributed by atoms with Gasteiger partial charge in [-0.1, -0.05) is 18.2 Å². The van der Waals surface area contributed by atoms with Crippen LogP contribution in [0.3, 0.4) is 0 Å². The lowest BCUT2D eigenvalue weighted by molar-refractivity contribution is -0.131. The second-order valence-electron chi connectivity index (χ2n) is 11.1. The van der Waals surface area contributed by atoms with Crippen molar-refractivity contribution in [3.8, 4) is 11.5 Å². The quantitative estimate of drug-likeness (QED) is 0.265. The van der Waals surface area contributed by atoms with Crippen molar-refractivity contribution in [3.05, 3.63) is 101 Å². The fourth-order valence-electron chi connectivity index (χ4n) is 5.83. The summed E-state index contributed by atoms with van der Waals surface area (Å²) < 4.78 is 35.1. The first-order valence-electron chi connectivity index (χ1n) is 14.0. The zero-order valence-electron chi connectivity index (χ0n) is 23.8. The SMILES string of the molecule is Cc1ccc(C2(C)Oc3cccc(C4CCN(Cc5ncc(/C=C/C(=O)O)n5Cc5cnc(C)o5)CC4)c3O2)c(F)c1. The van der Waals surface area contributed by atoms with E-state index in [1.807, 2.05) is 29.7 Å². The largest absolute Gasteiger partial charge is 0.478 e. The third-order valence-corrected chi connectivity index (χ3v) is 7.97. The molecule has 0 aliphatic carbocycles. The molecule has 42 heavy (non-hydrogen) atoms. The third kappa shape index (κ3) is 5.54. The minimum Gasteiger partial charge on any atom is -0.478 e. The average Bonchev–Trinajstić information content (AvgIpc) is 3.64. The van der Waals surface area contributed by atoms with Gasteiger partial charge in [0.1, 0.15) is 17.4 Å². The summed E-state index contributed by atoms with van der Waals surface area (Å²) in [5.74, 6) is 1.04. The van der Waals surface area contributed by atoms with Crippen molar-refractivity contribution in [2.75, 3.05) is 13.1 Å². The smallest absolute Gasteiger partial charge is 0.328 e. The Morgan fingerprint density at radius 1 is 1.12 bits per heavy atom. The highest BCUT2D eigenvalue weighted by atomic mass is 19.1. The van der Waals surface area contributed by atoms with E-state index < -0.39 is 11.8 Å². The van der Waals surface area contributed by atoms with Gasteiger partial charge in [-0.25, -0.2) is 19.2 Å². The van der Waals surface area contributed by atoms with Gasteiger partial charge in [-0.15, -0.1) is 0 Å². The van der Waals surface area contributed by atoms with Gasteiger partial charge in [-0.2, -0.15) is 0 Å². The first-order valence-corrected chi connectivity index (χ1v) is 14.0. The summed E-state index contributed by atoms with van der Waals surface area (Å²) in [6.07, 6.45) is 7.83. The number of imidazole rings is 1. The minimum absolute atomic E-state index is 0.260. The molecule has 2 aliphatic rings. The summed E-state index contributed by atoms with van der Waals surface area (Å²) in [4.78, 5) is 22.3. The van der Waals surface area contributed by atoms with Crippen LogP contribution in [0, 0.1) is 19.7 Å². The second-order valence-corrected chi connectivity index (χ2v) is 11.1. The maximum atomic E-state index is 14.9. The van der Waals surface area contributed by atoms with Gasteiger partial charge >= 0.3 is 5.97 Å². The number of rotatable bonds is 8. The van der Waals surface area contributed by atoms with Crippen molar-refractivity contribution in [1.29, 1.82) is 0 Å². The van der Waals surface area contributed by atoms with Gasteiger partial charge in [0, 0.05) is 25.5 Å². The van der Waals surface area contributed by atoms with E-state index in [4.69, 9.17) is 19.0 Å². The molecule has 1 atom stereocenters. The number of fused-ring (bicyclic) bond motifs is 1. The molecular formula is C32H33FN4O5. The molecule has 4 heterocycles. The molecule has 1 fully saturated rings. The Hall–Kier alpha value is -4.44. The second kappa shape index (κ2) is 11.1. The number of nitrogens with zero attached hydrogens (tertiary/aromatic N) is 4. The molecule has 218 valence electrons. The zero-order valence-corrected chi connectivity index (χ0v) is 23.8. The summed E-state index contributed by atoms with van der Waals surface area (Å²) in [5, 5.41) is 9.13. The molecule has 0 spiro atoms. The van der Waals surface area contributed by atoms with Crippen LogP contribution in [-0.4, -0.2) is 43.6 Å². The van der Waals surface area contributed by atoms with Gasteiger partial charge in [0.15, 0.2) is 17.4 Å². The first kappa shape index (κ1) is 27.7. The fourth-order valence-corrected chi connectivity index (χ4v) is 5.83. The number of likely N-dealkylation sites (tertiary alicyclic amines) is 1. The third-order valence-electron chi connectivity index (χ3n) is 7.97. The summed E-state index contributed by atoms with van der Waals surface area (Å²) in [5.41, 5.74) is 2.97. The number of aliphatic carboxylic acids is 1. The molecule has 10 heteroatoms. The van der Waals surface area contributed by atoms with Crippen molar-refractivity contribution in [2.24, 2.45) is 0 Å². The van der Waals surface area contributed by atoms with E-state index >= 15 is 0 Å². The van der Waals surface area contributed by atoms with Crippen molar-refractivity contribution in [1.82, 2.24) is 19.4 Å². The molecule has 0 saturated carbocycles. The lowest BCUT2D eigenvalue weighted by Crippen LogP contribution is -2.34. The number of halogens is 1. The number of ether oxygens (including phenoxy) is 2. The topological polar surface area (TPSA) is 103 Å². The number of hydrogen-bond acceptors (Lipinski definition) is 7. The summed E-state index contributed by atoms with van der Waals surface area (Å²) >= 11 is 0. The van der Waals surface area contributed by atoms with Crippen LogP contribution in [-0.2, 0) is 23.7 Å². The lowest BCUT2D eigenvalue weighted by atomic mass is 9.88. The fraction of sp³-hybridized carbons (Fsp3) is 0.344. The molecule has 0 radical (unpaired) electrons. The molecule has 9 nitrogen and oxygen atoms in total. The van der Waals surface area contributed by atoms with E-state index in [0.29, 0.717) is 47.5 Å². The number of piperidine rings is 1. The highest BCUT2D eigenvalue weighted by Gasteiger charge is 2.42. The van der Waals surface area contributed by atoms with Gasteiger partial charge in [-0.3, -0.25) is 4.90 Å². The monoisotopic (exact) mass is 572 g/mol. The number of oxazole rings is 1. The van der Waals surface area contributed by atoms with E-state index in [1.54, 1.807) is 38.4 Å². The van der Waals surface area contributed by atoms with Crippen LogP contribution in [0.25, 0.3) is 6.08 Å². The Balaban J connectivity index is 1.16. The van der Waals surface area contributed by atoms with Crippen LogP contribution < -0.4 is 9.47 Å². The summed E-state index contributed by atoms with van der Waals surface area (Å²) in [6, 6.07) is 11.0. The number of benzene rings is 2. The predicted octanol–water partition coefficient (Wildman–Crippen LogP) is 5.80. The minimum atomic E-state index is -1.23. The highest BCUT2D eigenvalue weighted by molar-refractivity contribution is 5.84. The molecule has 1 saturated heterocycles. The van der Waals surface area contributed by atoms with Gasteiger partial charge < -0.3 is 23.6 Å². The zero-order chi connectivity index (χ0) is 29.4. The first-order chi connectivity index (χ1) is 20.2. The van der Waals surface area contributed by atoms with Gasteiger partial charge in [0.05, 0.1) is 36.7 Å². The molecule has 1 N–H and O–H groups in total. The number of aryl methyl sites for hydroxylation is 2.